The van der Waals surface area contributed by atoms with Gasteiger partial charge in [0.1, 0.15) is 11.8 Å². The van der Waals surface area contributed by atoms with Crippen molar-refractivity contribution in [2.24, 2.45) is 0 Å². The van der Waals surface area contributed by atoms with Gasteiger partial charge in [-0.2, -0.15) is 0 Å². The number of amides is 1. The summed E-state index contributed by atoms with van der Waals surface area (Å²) >= 11 is 6.30. The number of hydrogen-bond donors (Lipinski definition) is 0. The fourth-order valence-corrected chi connectivity index (χ4v) is 5.27. The number of halogens is 1. The monoisotopic (exact) mass is 403 g/mol. The van der Waals surface area contributed by atoms with Gasteiger partial charge < -0.3 is 9.47 Å². The van der Waals surface area contributed by atoms with Crippen LogP contribution in [0.1, 0.15) is 35.6 Å². The van der Waals surface area contributed by atoms with E-state index in [0.717, 1.165) is 36.1 Å². The average molecular weight is 404 g/mol. The Morgan fingerprint density at radius 1 is 1.00 bits per heavy atom. The second-order valence-corrected chi connectivity index (χ2v) is 8.23. The maximum atomic E-state index is 13.3. The molecule has 0 radical (unpaired) electrons. The smallest absolute Gasteiger partial charge is 0.416 e. The fraction of sp³-hybridized carbons (Fsp3) is 0.208. The number of fused-ring (bicyclic) bond motifs is 8. The summed E-state index contributed by atoms with van der Waals surface area (Å²) in [5.74, 6) is 1.34. The summed E-state index contributed by atoms with van der Waals surface area (Å²) in [5.41, 5.74) is 3.16. The number of hydrogen-bond acceptors (Lipinski definition) is 3. The van der Waals surface area contributed by atoms with E-state index in [-0.39, 0.29) is 12.1 Å². The van der Waals surface area contributed by atoms with Crippen molar-refractivity contribution in [1.29, 1.82) is 0 Å². The molecule has 29 heavy (non-hydrogen) atoms. The standard InChI is InChI=1S/C24H18ClNO3/c25-16-11-12-21-19(14-16)26-22(17-8-2-4-10-20(17)28-21)24(29-23(26)27)13-5-7-15-6-1-3-9-18(15)24/h1-4,6,8-12,14,22H,5,7,13H2/t22-,24-/m1/s1. The highest BCUT2D eigenvalue weighted by Crippen LogP contribution is 2.59. The lowest BCUT2D eigenvalue weighted by Crippen LogP contribution is -2.39. The van der Waals surface area contributed by atoms with Crippen LogP contribution in [0.4, 0.5) is 10.5 Å². The minimum absolute atomic E-state index is 0.327. The Bertz CT molecular complexity index is 1160. The van der Waals surface area contributed by atoms with Crippen molar-refractivity contribution in [1.82, 2.24) is 0 Å². The molecule has 0 aromatic heterocycles. The summed E-state index contributed by atoms with van der Waals surface area (Å²) < 4.78 is 12.5. The Kier molecular flexibility index (Phi) is 3.51. The zero-order valence-corrected chi connectivity index (χ0v) is 16.4. The van der Waals surface area contributed by atoms with Gasteiger partial charge in [-0.1, -0.05) is 54.1 Å². The molecule has 6 rings (SSSR count). The van der Waals surface area contributed by atoms with E-state index in [9.17, 15) is 4.79 Å². The SMILES string of the molecule is O=C1O[C@@]2(CCCc3ccccc32)[C@H]2c3ccccc3Oc3ccc(Cl)cc3N12. The van der Waals surface area contributed by atoms with Crippen LogP contribution in [-0.2, 0) is 16.8 Å². The van der Waals surface area contributed by atoms with E-state index < -0.39 is 5.60 Å². The number of para-hydroxylation sites is 1. The van der Waals surface area contributed by atoms with Crippen molar-refractivity contribution in [2.75, 3.05) is 4.90 Å². The summed E-state index contributed by atoms with van der Waals surface area (Å²) in [7, 11) is 0. The number of carbonyl (C=O) groups excluding carboxylic acids is 1. The summed E-state index contributed by atoms with van der Waals surface area (Å²) in [6.45, 7) is 0. The van der Waals surface area contributed by atoms with Crippen LogP contribution in [0.25, 0.3) is 0 Å². The number of nitrogens with zero attached hydrogens (tertiary/aromatic N) is 1. The Morgan fingerprint density at radius 2 is 1.83 bits per heavy atom. The van der Waals surface area contributed by atoms with Crippen LogP contribution in [0.5, 0.6) is 11.5 Å². The first kappa shape index (κ1) is 16.9. The van der Waals surface area contributed by atoms with E-state index in [1.165, 1.54) is 5.56 Å². The Balaban J connectivity index is 1.67. The Hall–Kier alpha value is -2.98. The highest BCUT2D eigenvalue weighted by atomic mass is 35.5. The van der Waals surface area contributed by atoms with E-state index in [1.54, 1.807) is 17.0 Å². The molecule has 0 bridgehead atoms. The molecule has 2 aliphatic heterocycles. The van der Waals surface area contributed by atoms with Crippen LogP contribution in [0, 0.1) is 0 Å². The lowest BCUT2D eigenvalue weighted by molar-refractivity contribution is 0.0170. The van der Waals surface area contributed by atoms with Gasteiger partial charge in [0.2, 0.25) is 0 Å². The summed E-state index contributed by atoms with van der Waals surface area (Å²) in [4.78, 5) is 15.1. The molecule has 2 atom stereocenters. The lowest BCUT2D eigenvalue weighted by atomic mass is 9.72. The van der Waals surface area contributed by atoms with Gasteiger partial charge >= 0.3 is 6.09 Å². The van der Waals surface area contributed by atoms with Crippen LogP contribution in [0.2, 0.25) is 5.02 Å². The molecule has 4 nitrogen and oxygen atoms in total. The molecular formula is C24H18ClNO3. The molecule has 0 N–H and O–H groups in total. The third kappa shape index (κ3) is 2.29. The maximum absolute atomic E-state index is 13.3. The molecule has 3 aromatic carbocycles. The van der Waals surface area contributed by atoms with Gasteiger partial charge in [-0.15, -0.1) is 0 Å². The van der Waals surface area contributed by atoms with Crippen molar-refractivity contribution in [3.05, 3.63) is 88.4 Å². The molecule has 0 unspecified atom stereocenters. The van der Waals surface area contributed by atoms with Crippen LogP contribution >= 0.6 is 11.6 Å². The first-order chi connectivity index (χ1) is 14.2. The third-order valence-corrected chi connectivity index (χ3v) is 6.48. The molecule has 1 saturated heterocycles. The van der Waals surface area contributed by atoms with Crippen molar-refractivity contribution >= 4 is 23.4 Å². The fourth-order valence-electron chi connectivity index (χ4n) is 5.10. The highest BCUT2D eigenvalue weighted by Gasteiger charge is 2.59. The molecule has 5 heteroatoms. The highest BCUT2D eigenvalue weighted by molar-refractivity contribution is 6.31. The molecule has 1 spiro atoms. The van der Waals surface area contributed by atoms with E-state index in [2.05, 4.69) is 12.1 Å². The van der Waals surface area contributed by atoms with E-state index in [1.807, 2.05) is 42.5 Å². The van der Waals surface area contributed by atoms with Gasteiger partial charge in [0.05, 0.1) is 5.69 Å². The van der Waals surface area contributed by atoms with Crippen LogP contribution in [0.3, 0.4) is 0 Å². The minimum atomic E-state index is -0.755. The zero-order valence-electron chi connectivity index (χ0n) is 15.6. The predicted molar refractivity (Wildman–Crippen MR) is 111 cm³/mol. The van der Waals surface area contributed by atoms with Gasteiger partial charge in [0.25, 0.3) is 0 Å². The molecule has 144 valence electrons. The molecule has 1 fully saturated rings. The van der Waals surface area contributed by atoms with Gasteiger partial charge in [0, 0.05) is 16.1 Å². The van der Waals surface area contributed by atoms with E-state index in [4.69, 9.17) is 21.1 Å². The number of anilines is 1. The lowest BCUT2D eigenvalue weighted by Gasteiger charge is -2.39. The molecule has 1 aliphatic carbocycles. The second-order valence-electron chi connectivity index (χ2n) is 7.79. The molecule has 3 aromatic rings. The van der Waals surface area contributed by atoms with Crippen molar-refractivity contribution < 1.29 is 14.3 Å². The van der Waals surface area contributed by atoms with E-state index >= 15 is 0 Å². The largest absolute Gasteiger partial charge is 0.455 e. The molecule has 0 saturated carbocycles. The van der Waals surface area contributed by atoms with Gasteiger partial charge in [0.15, 0.2) is 11.4 Å². The van der Waals surface area contributed by atoms with Crippen LogP contribution in [-0.4, -0.2) is 6.09 Å². The summed E-state index contributed by atoms with van der Waals surface area (Å²) in [6, 6.07) is 21.2. The quantitative estimate of drug-likeness (QED) is 0.437. The molecule has 1 amide bonds. The first-order valence-corrected chi connectivity index (χ1v) is 10.2. The average Bonchev–Trinajstić information content (AvgIpc) is 2.93. The van der Waals surface area contributed by atoms with Gasteiger partial charge in [-0.25, -0.2) is 4.79 Å². The topological polar surface area (TPSA) is 38.8 Å². The van der Waals surface area contributed by atoms with Crippen LogP contribution < -0.4 is 9.64 Å². The minimum Gasteiger partial charge on any atom is -0.455 e. The van der Waals surface area contributed by atoms with Crippen molar-refractivity contribution in [3.63, 3.8) is 0 Å². The molecule has 3 aliphatic rings. The first-order valence-electron chi connectivity index (χ1n) is 9.84. The molecular weight excluding hydrogens is 386 g/mol. The Labute approximate surface area is 173 Å². The predicted octanol–water partition coefficient (Wildman–Crippen LogP) is 6.38. The number of benzene rings is 3. The normalized spacial score (nSPS) is 24.0. The number of carbonyl (C=O) groups is 1. The maximum Gasteiger partial charge on any atom is 0.416 e. The van der Waals surface area contributed by atoms with Gasteiger partial charge in [-0.05, 0) is 49.1 Å². The summed E-state index contributed by atoms with van der Waals surface area (Å²) in [5, 5.41) is 0.551. The molecule has 2 heterocycles. The number of ether oxygens (including phenoxy) is 2. The number of rotatable bonds is 0. The van der Waals surface area contributed by atoms with Gasteiger partial charge in [-0.3, -0.25) is 4.90 Å². The summed E-state index contributed by atoms with van der Waals surface area (Å²) in [6.07, 6.45) is 2.35. The number of aryl methyl sites for hydroxylation is 1. The third-order valence-electron chi connectivity index (χ3n) is 6.25. The van der Waals surface area contributed by atoms with Crippen molar-refractivity contribution in [2.45, 2.75) is 30.9 Å². The zero-order chi connectivity index (χ0) is 19.6. The van der Waals surface area contributed by atoms with E-state index in [0.29, 0.717) is 16.5 Å². The Morgan fingerprint density at radius 3 is 2.76 bits per heavy atom. The second kappa shape index (κ2) is 6.01. The van der Waals surface area contributed by atoms with Crippen LogP contribution in [0.15, 0.2) is 66.7 Å². The van der Waals surface area contributed by atoms with Crippen molar-refractivity contribution in [3.8, 4) is 11.5 Å².